The monoisotopic (exact) mass is 331 g/mol. The van der Waals surface area contributed by atoms with Crippen LogP contribution in [0.5, 0.6) is 5.75 Å². The van der Waals surface area contributed by atoms with Crippen molar-refractivity contribution in [1.29, 1.82) is 0 Å². The number of anilines is 1. The fraction of sp³-hybridized carbons (Fsp3) is 0.471. The van der Waals surface area contributed by atoms with E-state index >= 15 is 0 Å². The standard InChI is InChI=1S/C17H21N3O4/c1-12-17(23)18-8-4-9-19(12)15(21)7-10-20-13-5-2-3-6-14(13)24-11-16(20)22/h2-3,5-6,12H,4,7-11H2,1H3,(H,18,23)/t12-/m1/s1. The van der Waals surface area contributed by atoms with E-state index in [1.165, 1.54) is 0 Å². The second-order valence-corrected chi connectivity index (χ2v) is 5.96. The molecule has 0 saturated carbocycles. The number of para-hydroxylation sites is 2. The maximum absolute atomic E-state index is 12.5. The van der Waals surface area contributed by atoms with Gasteiger partial charge in [0.25, 0.3) is 5.91 Å². The Morgan fingerprint density at radius 2 is 2.12 bits per heavy atom. The topological polar surface area (TPSA) is 79.0 Å². The minimum Gasteiger partial charge on any atom is -0.482 e. The zero-order chi connectivity index (χ0) is 17.1. The molecule has 2 aliphatic rings. The highest BCUT2D eigenvalue weighted by Crippen LogP contribution is 2.31. The SMILES string of the molecule is C[C@@H]1C(=O)NCCCN1C(=O)CCN1C(=O)COc2ccccc21. The molecule has 1 fully saturated rings. The Kier molecular flexibility index (Phi) is 4.69. The Balaban J connectivity index is 1.68. The van der Waals surface area contributed by atoms with E-state index in [4.69, 9.17) is 4.74 Å². The molecule has 1 aromatic carbocycles. The summed E-state index contributed by atoms with van der Waals surface area (Å²) in [5, 5.41) is 2.79. The number of rotatable bonds is 3. The van der Waals surface area contributed by atoms with Crippen LogP contribution in [0.2, 0.25) is 0 Å². The molecule has 24 heavy (non-hydrogen) atoms. The minimum atomic E-state index is -0.479. The van der Waals surface area contributed by atoms with Gasteiger partial charge in [-0.1, -0.05) is 12.1 Å². The van der Waals surface area contributed by atoms with Gasteiger partial charge in [0.15, 0.2) is 6.61 Å². The molecule has 2 heterocycles. The molecule has 0 spiro atoms. The van der Waals surface area contributed by atoms with Crippen molar-refractivity contribution < 1.29 is 19.1 Å². The van der Waals surface area contributed by atoms with Crippen LogP contribution < -0.4 is 15.0 Å². The number of hydrogen-bond donors (Lipinski definition) is 1. The first-order chi connectivity index (χ1) is 11.6. The highest BCUT2D eigenvalue weighted by atomic mass is 16.5. The molecule has 0 unspecified atom stereocenters. The maximum atomic E-state index is 12.5. The molecule has 7 heteroatoms. The van der Waals surface area contributed by atoms with Crippen molar-refractivity contribution in [3.05, 3.63) is 24.3 Å². The molecule has 0 bridgehead atoms. The number of carbonyl (C=O) groups excluding carboxylic acids is 3. The molecule has 1 N–H and O–H groups in total. The van der Waals surface area contributed by atoms with Crippen LogP contribution in [0.1, 0.15) is 19.8 Å². The summed E-state index contributed by atoms with van der Waals surface area (Å²) < 4.78 is 5.40. The lowest BCUT2D eigenvalue weighted by atomic mass is 10.2. The van der Waals surface area contributed by atoms with Gasteiger partial charge in [0.2, 0.25) is 11.8 Å². The van der Waals surface area contributed by atoms with E-state index in [2.05, 4.69) is 5.32 Å². The van der Waals surface area contributed by atoms with Gasteiger partial charge in [-0.25, -0.2) is 0 Å². The fourth-order valence-corrected chi connectivity index (χ4v) is 3.03. The van der Waals surface area contributed by atoms with Gasteiger partial charge in [-0.05, 0) is 25.5 Å². The van der Waals surface area contributed by atoms with Crippen molar-refractivity contribution in [2.24, 2.45) is 0 Å². The number of carbonyl (C=O) groups is 3. The summed E-state index contributed by atoms with van der Waals surface area (Å²) in [4.78, 5) is 39.7. The van der Waals surface area contributed by atoms with Gasteiger partial charge in [-0.2, -0.15) is 0 Å². The van der Waals surface area contributed by atoms with Crippen LogP contribution in [-0.4, -0.2) is 54.9 Å². The Morgan fingerprint density at radius 3 is 2.96 bits per heavy atom. The largest absolute Gasteiger partial charge is 0.482 e. The number of nitrogens with one attached hydrogen (secondary N) is 1. The minimum absolute atomic E-state index is 0.0201. The number of fused-ring (bicyclic) bond motifs is 1. The molecule has 0 radical (unpaired) electrons. The maximum Gasteiger partial charge on any atom is 0.265 e. The van der Waals surface area contributed by atoms with Crippen LogP contribution in [0, 0.1) is 0 Å². The summed E-state index contributed by atoms with van der Waals surface area (Å²) in [6.45, 7) is 3.12. The quantitative estimate of drug-likeness (QED) is 0.877. The Bertz CT molecular complexity index is 661. The first-order valence-corrected chi connectivity index (χ1v) is 8.17. The summed E-state index contributed by atoms with van der Waals surface area (Å²) in [6, 6.07) is 6.80. The molecular formula is C17H21N3O4. The molecule has 2 aliphatic heterocycles. The number of benzene rings is 1. The van der Waals surface area contributed by atoms with Crippen molar-refractivity contribution in [2.45, 2.75) is 25.8 Å². The smallest absolute Gasteiger partial charge is 0.265 e. The van der Waals surface area contributed by atoms with Crippen LogP contribution in [-0.2, 0) is 14.4 Å². The van der Waals surface area contributed by atoms with Gasteiger partial charge < -0.3 is 19.9 Å². The third-order valence-corrected chi connectivity index (χ3v) is 4.40. The third kappa shape index (κ3) is 3.20. The van der Waals surface area contributed by atoms with Gasteiger partial charge in [-0.15, -0.1) is 0 Å². The summed E-state index contributed by atoms with van der Waals surface area (Å²) in [5.41, 5.74) is 0.684. The first-order valence-electron chi connectivity index (χ1n) is 8.17. The van der Waals surface area contributed by atoms with E-state index in [1.807, 2.05) is 12.1 Å². The average Bonchev–Trinajstić information content (AvgIpc) is 2.75. The summed E-state index contributed by atoms with van der Waals surface area (Å²) >= 11 is 0. The first kappa shape index (κ1) is 16.3. The summed E-state index contributed by atoms with van der Waals surface area (Å²) in [6.07, 6.45) is 0.916. The van der Waals surface area contributed by atoms with Crippen LogP contribution in [0.15, 0.2) is 24.3 Å². The van der Waals surface area contributed by atoms with Gasteiger partial charge in [0.1, 0.15) is 11.8 Å². The molecular weight excluding hydrogens is 310 g/mol. The van der Waals surface area contributed by atoms with E-state index in [0.29, 0.717) is 24.5 Å². The predicted molar refractivity (Wildman–Crippen MR) is 87.7 cm³/mol. The highest BCUT2D eigenvalue weighted by Gasteiger charge is 2.30. The molecule has 1 atom stereocenters. The van der Waals surface area contributed by atoms with Crippen molar-refractivity contribution in [2.75, 3.05) is 31.1 Å². The van der Waals surface area contributed by atoms with Crippen molar-refractivity contribution in [3.8, 4) is 5.75 Å². The molecule has 0 aliphatic carbocycles. The van der Waals surface area contributed by atoms with Crippen LogP contribution in [0.25, 0.3) is 0 Å². The van der Waals surface area contributed by atoms with E-state index in [0.717, 1.165) is 6.42 Å². The number of amides is 3. The zero-order valence-electron chi connectivity index (χ0n) is 13.7. The van der Waals surface area contributed by atoms with Gasteiger partial charge in [-0.3, -0.25) is 14.4 Å². The van der Waals surface area contributed by atoms with Crippen LogP contribution in [0.3, 0.4) is 0 Å². The average molecular weight is 331 g/mol. The summed E-state index contributed by atoms with van der Waals surface area (Å²) in [7, 11) is 0. The number of hydrogen-bond acceptors (Lipinski definition) is 4. The second kappa shape index (κ2) is 6.90. The van der Waals surface area contributed by atoms with Gasteiger partial charge >= 0.3 is 0 Å². The molecule has 3 amide bonds. The predicted octanol–water partition coefficient (Wildman–Crippen LogP) is 0.539. The number of nitrogens with zero attached hydrogens (tertiary/aromatic N) is 2. The molecule has 1 aromatic rings. The zero-order valence-corrected chi connectivity index (χ0v) is 13.7. The Hall–Kier alpha value is -2.57. The molecule has 3 rings (SSSR count). The van der Waals surface area contributed by atoms with Crippen molar-refractivity contribution >= 4 is 23.4 Å². The third-order valence-electron chi connectivity index (χ3n) is 4.40. The van der Waals surface area contributed by atoms with Gasteiger partial charge in [0, 0.05) is 26.1 Å². The van der Waals surface area contributed by atoms with Crippen molar-refractivity contribution in [1.82, 2.24) is 10.2 Å². The molecule has 7 nitrogen and oxygen atoms in total. The summed E-state index contributed by atoms with van der Waals surface area (Å²) in [5.74, 6) is 0.236. The lowest BCUT2D eigenvalue weighted by Gasteiger charge is -2.31. The van der Waals surface area contributed by atoms with Crippen LogP contribution in [0.4, 0.5) is 5.69 Å². The van der Waals surface area contributed by atoms with Crippen LogP contribution >= 0.6 is 0 Å². The van der Waals surface area contributed by atoms with Gasteiger partial charge in [0.05, 0.1) is 5.69 Å². The normalized spacial score (nSPS) is 20.8. The molecule has 128 valence electrons. The van der Waals surface area contributed by atoms with E-state index in [1.54, 1.807) is 28.9 Å². The lowest BCUT2D eigenvalue weighted by molar-refractivity contribution is -0.138. The second-order valence-electron chi connectivity index (χ2n) is 5.96. The Labute approximate surface area is 140 Å². The van der Waals surface area contributed by atoms with E-state index < -0.39 is 6.04 Å². The molecule has 0 aromatic heterocycles. The lowest BCUT2D eigenvalue weighted by Crippen LogP contribution is -2.47. The van der Waals surface area contributed by atoms with E-state index in [9.17, 15) is 14.4 Å². The Morgan fingerprint density at radius 1 is 1.33 bits per heavy atom. The van der Waals surface area contributed by atoms with E-state index in [-0.39, 0.29) is 37.3 Å². The number of ether oxygens (including phenoxy) is 1. The highest BCUT2D eigenvalue weighted by molar-refractivity contribution is 5.98. The molecule has 1 saturated heterocycles. The fourth-order valence-electron chi connectivity index (χ4n) is 3.03. The van der Waals surface area contributed by atoms with Crippen molar-refractivity contribution in [3.63, 3.8) is 0 Å².